The molecule has 1 aromatic heterocycles. The quantitative estimate of drug-likeness (QED) is 0.786. The Labute approximate surface area is 80.8 Å². The van der Waals surface area contributed by atoms with E-state index in [0.29, 0.717) is 0 Å². The first-order chi connectivity index (χ1) is 5.90. The maximum absolute atomic E-state index is 4.58. The summed E-state index contributed by atoms with van der Waals surface area (Å²) in [6.07, 6.45) is 1.17. The molecule has 0 aliphatic carbocycles. The van der Waals surface area contributed by atoms with Crippen molar-refractivity contribution in [1.29, 1.82) is 0 Å². The van der Waals surface area contributed by atoms with Gasteiger partial charge in [-0.1, -0.05) is 0 Å². The second-order valence-electron chi connectivity index (χ2n) is 2.81. The van der Waals surface area contributed by atoms with Crippen LogP contribution in [0.2, 0.25) is 0 Å². The van der Waals surface area contributed by atoms with Gasteiger partial charge >= 0.3 is 0 Å². The highest BCUT2D eigenvalue weighted by Crippen LogP contribution is 2.29. The Balaban J connectivity index is 2.20. The van der Waals surface area contributed by atoms with E-state index in [9.17, 15) is 0 Å². The van der Waals surface area contributed by atoms with Gasteiger partial charge in [0.25, 0.3) is 0 Å². The minimum Gasteiger partial charge on any atom is -0.314 e. The number of hydrogen-bond acceptors (Lipinski definition) is 4. The van der Waals surface area contributed by atoms with Crippen LogP contribution in [0, 0.1) is 0 Å². The number of thioether (sulfide) groups is 1. The van der Waals surface area contributed by atoms with Crippen molar-refractivity contribution < 1.29 is 0 Å². The summed E-state index contributed by atoms with van der Waals surface area (Å²) < 4.78 is 0. The predicted molar refractivity (Wildman–Crippen MR) is 54.7 cm³/mol. The lowest BCUT2D eigenvalue weighted by Gasteiger charge is -2.06. The Bertz CT molecular complexity index is 247. The molecule has 1 aliphatic heterocycles. The van der Waals surface area contributed by atoms with E-state index in [1.54, 1.807) is 0 Å². The summed E-state index contributed by atoms with van der Waals surface area (Å²) in [5.41, 5.74) is 1.35. The van der Waals surface area contributed by atoms with E-state index in [1.807, 2.05) is 30.1 Å². The van der Waals surface area contributed by atoms with E-state index in [4.69, 9.17) is 0 Å². The molecule has 0 saturated heterocycles. The summed E-state index contributed by atoms with van der Waals surface area (Å²) in [6.45, 7) is 0.919. The molecule has 66 valence electrons. The fourth-order valence-electron chi connectivity index (χ4n) is 1.31. The molecule has 0 spiro atoms. The van der Waals surface area contributed by atoms with E-state index in [1.165, 1.54) is 33.5 Å². The van der Waals surface area contributed by atoms with Gasteiger partial charge in [-0.25, -0.2) is 4.98 Å². The highest BCUT2D eigenvalue weighted by Gasteiger charge is 2.14. The van der Waals surface area contributed by atoms with E-state index >= 15 is 0 Å². The number of aryl methyl sites for hydroxylation is 1. The fraction of sp³-hybridized carbons (Fsp3) is 0.625. The molecule has 2 nitrogen and oxygen atoms in total. The van der Waals surface area contributed by atoms with Crippen LogP contribution in [0.1, 0.15) is 15.6 Å². The maximum Gasteiger partial charge on any atom is 0.107 e. The van der Waals surface area contributed by atoms with Gasteiger partial charge in [0.2, 0.25) is 0 Å². The highest BCUT2D eigenvalue weighted by molar-refractivity contribution is 7.98. The van der Waals surface area contributed by atoms with Crippen LogP contribution < -0.4 is 5.32 Å². The van der Waals surface area contributed by atoms with Crippen LogP contribution >= 0.6 is 23.1 Å². The first-order valence-electron chi connectivity index (χ1n) is 4.10. The number of aromatic nitrogens is 1. The number of nitrogens with one attached hydrogen (secondary N) is 1. The third-order valence-corrected chi connectivity index (χ3v) is 4.13. The van der Waals surface area contributed by atoms with E-state index in [-0.39, 0.29) is 0 Å². The zero-order valence-electron chi connectivity index (χ0n) is 7.09. The molecular weight excluding hydrogens is 188 g/mol. The van der Waals surface area contributed by atoms with Crippen molar-refractivity contribution in [2.24, 2.45) is 0 Å². The third kappa shape index (κ3) is 1.65. The fourth-order valence-corrected chi connectivity index (χ4v) is 3.55. The zero-order chi connectivity index (χ0) is 8.39. The number of rotatable bonds is 2. The normalized spacial score (nSPS) is 16.1. The minimum absolute atomic E-state index is 0.919. The van der Waals surface area contributed by atoms with Crippen LogP contribution in [0.15, 0.2) is 0 Å². The van der Waals surface area contributed by atoms with Crippen LogP contribution in [0.4, 0.5) is 0 Å². The molecular formula is C8H12N2S2. The Morgan fingerprint density at radius 3 is 3.25 bits per heavy atom. The van der Waals surface area contributed by atoms with Gasteiger partial charge in [-0.3, -0.25) is 0 Å². The van der Waals surface area contributed by atoms with E-state index in [0.717, 1.165) is 6.54 Å². The average molecular weight is 200 g/mol. The molecule has 0 radical (unpaired) electrons. The molecule has 0 amide bonds. The van der Waals surface area contributed by atoms with Crippen LogP contribution in [0.3, 0.4) is 0 Å². The molecule has 1 aliphatic rings. The van der Waals surface area contributed by atoms with Crippen LogP contribution in [-0.2, 0) is 18.7 Å². The molecule has 0 unspecified atom stereocenters. The molecule has 1 aromatic rings. The van der Waals surface area contributed by atoms with Gasteiger partial charge in [0, 0.05) is 17.2 Å². The molecule has 4 heteroatoms. The van der Waals surface area contributed by atoms with Gasteiger partial charge in [-0.15, -0.1) is 11.3 Å². The Morgan fingerprint density at radius 2 is 2.50 bits per heavy atom. The average Bonchev–Trinajstić information content (AvgIpc) is 2.47. The van der Waals surface area contributed by atoms with Gasteiger partial charge < -0.3 is 5.32 Å². The summed E-state index contributed by atoms with van der Waals surface area (Å²) in [7, 11) is 1.97. The third-order valence-electron chi connectivity index (χ3n) is 1.87. The molecule has 0 saturated carbocycles. The summed E-state index contributed by atoms with van der Waals surface area (Å²) >= 11 is 3.88. The minimum atomic E-state index is 0.919. The summed E-state index contributed by atoms with van der Waals surface area (Å²) in [5, 5.41) is 4.37. The van der Waals surface area contributed by atoms with Crippen molar-refractivity contribution >= 4 is 23.1 Å². The highest BCUT2D eigenvalue weighted by atomic mass is 32.2. The van der Waals surface area contributed by atoms with Crippen molar-refractivity contribution in [1.82, 2.24) is 10.3 Å². The SMILES string of the molecule is CNCc1nc2c(s1)CSCC2. The Hall–Kier alpha value is -0.0600. The van der Waals surface area contributed by atoms with Crippen molar-refractivity contribution in [2.45, 2.75) is 18.7 Å². The maximum atomic E-state index is 4.58. The largest absolute Gasteiger partial charge is 0.314 e. The predicted octanol–water partition coefficient (Wildman–Crippen LogP) is 1.65. The molecule has 2 rings (SSSR count). The second kappa shape index (κ2) is 3.77. The summed E-state index contributed by atoms with van der Waals surface area (Å²) in [6, 6.07) is 0. The summed E-state index contributed by atoms with van der Waals surface area (Å²) in [5.74, 6) is 2.42. The van der Waals surface area contributed by atoms with Gasteiger partial charge in [-0.05, 0) is 19.2 Å². The van der Waals surface area contributed by atoms with Crippen molar-refractivity contribution in [2.75, 3.05) is 12.8 Å². The zero-order valence-corrected chi connectivity index (χ0v) is 8.73. The van der Waals surface area contributed by atoms with Crippen LogP contribution in [0.25, 0.3) is 0 Å². The first-order valence-corrected chi connectivity index (χ1v) is 6.07. The van der Waals surface area contributed by atoms with Crippen molar-refractivity contribution in [3.05, 3.63) is 15.6 Å². The summed E-state index contributed by atoms with van der Waals surface area (Å²) in [4.78, 5) is 6.08. The molecule has 0 aromatic carbocycles. The lowest BCUT2D eigenvalue weighted by molar-refractivity contribution is 0.803. The standard InChI is InChI=1S/C8H12N2S2/c1-9-4-8-10-6-2-3-11-5-7(6)12-8/h9H,2-5H2,1H3. The van der Waals surface area contributed by atoms with Crippen LogP contribution in [0.5, 0.6) is 0 Å². The van der Waals surface area contributed by atoms with Crippen molar-refractivity contribution in [3.8, 4) is 0 Å². The Kier molecular flexibility index (Phi) is 2.68. The van der Waals surface area contributed by atoms with E-state index < -0.39 is 0 Å². The lowest BCUT2D eigenvalue weighted by Crippen LogP contribution is -2.05. The van der Waals surface area contributed by atoms with Crippen molar-refractivity contribution in [3.63, 3.8) is 0 Å². The molecule has 1 N–H and O–H groups in total. The van der Waals surface area contributed by atoms with E-state index in [2.05, 4.69) is 10.3 Å². The van der Waals surface area contributed by atoms with Gasteiger partial charge in [0.05, 0.1) is 5.69 Å². The number of thiazole rings is 1. The molecule has 12 heavy (non-hydrogen) atoms. The topological polar surface area (TPSA) is 24.9 Å². The lowest BCUT2D eigenvalue weighted by atomic mass is 10.3. The monoisotopic (exact) mass is 200 g/mol. The number of fused-ring (bicyclic) bond motifs is 1. The van der Waals surface area contributed by atoms with Gasteiger partial charge in [-0.2, -0.15) is 11.8 Å². The second-order valence-corrected chi connectivity index (χ2v) is 5.08. The molecule has 0 fully saturated rings. The first kappa shape index (κ1) is 8.53. The van der Waals surface area contributed by atoms with Gasteiger partial charge in [0.15, 0.2) is 0 Å². The Morgan fingerprint density at radius 1 is 1.58 bits per heavy atom. The molecule has 0 atom stereocenters. The molecule has 2 heterocycles. The number of nitrogens with zero attached hydrogens (tertiary/aromatic N) is 1. The smallest absolute Gasteiger partial charge is 0.107 e. The van der Waals surface area contributed by atoms with Crippen LogP contribution in [-0.4, -0.2) is 17.8 Å². The molecule has 0 bridgehead atoms. The number of hydrogen-bond donors (Lipinski definition) is 1. The van der Waals surface area contributed by atoms with Gasteiger partial charge in [0.1, 0.15) is 5.01 Å².